The summed E-state index contributed by atoms with van der Waals surface area (Å²) in [7, 11) is 2.03. The summed E-state index contributed by atoms with van der Waals surface area (Å²) in [5.74, 6) is 0. The van der Waals surface area contributed by atoms with Crippen molar-refractivity contribution in [2.45, 2.75) is 39.2 Å². The molecule has 1 heterocycles. The summed E-state index contributed by atoms with van der Waals surface area (Å²) in [4.78, 5) is 0. The first kappa shape index (κ1) is 14.3. The van der Waals surface area contributed by atoms with E-state index in [1.807, 2.05) is 7.05 Å². The second kappa shape index (κ2) is 6.88. The van der Waals surface area contributed by atoms with Crippen molar-refractivity contribution in [3.63, 3.8) is 0 Å². The Hall–Kier alpha value is -1.12. The van der Waals surface area contributed by atoms with Crippen LogP contribution in [0.25, 0.3) is 0 Å². The highest BCUT2D eigenvalue weighted by Gasteiger charge is 2.14. The molecule has 0 amide bonds. The number of nitrogens with one attached hydrogen (secondary N) is 1. The number of hydrogen-bond donors (Lipinski definition) is 1. The quantitative estimate of drug-likeness (QED) is 0.804. The molecule has 0 spiro atoms. The first-order valence-electron chi connectivity index (χ1n) is 7.05. The van der Waals surface area contributed by atoms with Crippen LogP contribution in [0.5, 0.6) is 0 Å². The van der Waals surface area contributed by atoms with Crippen molar-refractivity contribution < 1.29 is 0 Å². The minimum atomic E-state index is 0.312. The van der Waals surface area contributed by atoms with Crippen molar-refractivity contribution in [1.82, 2.24) is 5.32 Å². The van der Waals surface area contributed by atoms with E-state index in [2.05, 4.69) is 54.2 Å². The lowest BCUT2D eigenvalue weighted by molar-refractivity contribution is 0.689. The van der Waals surface area contributed by atoms with E-state index in [1.165, 1.54) is 41.5 Å². The van der Waals surface area contributed by atoms with Crippen molar-refractivity contribution in [2.24, 2.45) is 0 Å². The van der Waals surface area contributed by atoms with Gasteiger partial charge in [-0.3, -0.25) is 0 Å². The monoisotopic (exact) mass is 273 g/mol. The first-order chi connectivity index (χ1) is 9.26. The van der Waals surface area contributed by atoms with Gasteiger partial charge in [-0.2, -0.15) is 11.3 Å². The van der Waals surface area contributed by atoms with Crippen molar-refractivity contribution in [3.8, 4) is 0 Å². The Morgan fingerprint density at radius 3 is 2.42 bits per heavy atom. The fourth-order valence-corrected chi connectivity index (χ4v) is 3.30. The molecule has 0 radical (unpaired) electrons. The molecule has 0 aliphatic rings. The van der Waals surface area contributed by atoms with Gasteiger partial charge in [0.05, 0.1) is 6.04 Å². The summed E-state index contributed by atoms with van der Waals surface area (Å²) in [6.07, 6.45) is 3.73. The van der Waals surface area contributed by atoms with Crippen LogP contribution in [0.15, 0.2) is 35.0 Å². The second-order valence-electron chi connectivity index (χ2n) is 5.08. The fourth-order valence-electron chi connectivity index (χ4n) is 2.43. The maximum Gasteiger partial charge on any atom is 0.0585 e. The molecule has 1 N–H and O–H groups in total. The van der Waals surface area contributed by atoms with Crippen LogP contribution in [-0.2, 0) is 6.42 Å². The van der Waals surface area contributed by atoms with Crippen LogP contribution in [-0.4, -0.2) is 7.05 Å². The summed E-state index contributed by atoms with van der Waals surface area (Å²) in [5, 5.41) is 7.90. The summed E-state index contributed by atoms with van der Waals surface area (Å²) >= 11 is 1.78. The molecule has 0 saturated carbocycles. The molecule has 1 aromatic heterocycles. The molecule has 1 aromatic carbocycles. The standard InChI is InChI=1S/C17H23NS/c1-4-5-6-14-7-9-15(10-8-14)17(18-3)16-12-19-11-13(16)2/h7-12,17-18H,4-6H2,1-3H3. The van der Waals surface area contributed by atoms with Gasteiger partial charge in [0.15, 0.2) is 0 Å². The molecule has 1 nitrogen and oxygen atoms in total. The molecule has 19 heavy (non-hydrogen) atoms. The lowest BCUT2D eigenvalue weighted by atomic mass is 9.97. The van der Waals surface area contributed by atoms with Gasteiger partial charge in [-0.1, -0.05) is 37.6 Å². The fraction of sp³-hybridized carbons (Fsp3) is 0.412. The van der Waals surface area contributed by atoms with Gasteiger partial charge >= 0.3 is 0 Å². The summed E-state index contributed by atoms with van der Waals surface area (Å²) < 4.78 is 0. The second-order valence-corrected chi connectivity index (χ2v) is 5.82. The van der Waals surface area contributed by atoms with Crippen molar-refractivity contribution in [3.05, 3.63) is 57.3 Å². The highest BCUT2D eigenvalue weighted by Crippen LogP contribution is 2.27. The highest BCUT2D eigenvalue weighted by atomic mass is 32.1. The van der Waals surface area contributed by atoms with Gasteiger partial charge in [-0.15, -0.1) is 0 Å². The maximum atomic E-state index is 3.43. The average molecular weight is 273 g/mol. The minimum Gasteiger partial charge on any atom is -0.309 e. The maximum absolute atomic E-state index is 3.43. The van der Waals surface area contributed by atoms with E-state index in [-0.39, 0.29) is 0 Å². The van der Waals surface area contributed by atoms with Crippen LogP contribution in [0.2, 0.25) is 0 Å². The number of rotatable bonds is 6. The smallest absolute Gasteiger partial charge is 0.0585 e. The zero-order valence-electron chi connectivity index (χ0n) is 12.1. The molecule has 2 aromatic rings. The van der Waals surface area contributed by atoms with Gasteiger partial charge in [0.2, 0.25) is 0 Å². The van der Waals surface area contributed by atoms with E-state index >= 15 is 0 Å². The lowest BCUT2D eigenvalue weighted by Crippen LogP contribution is -2.17. The molecular weight excluding hydrogens is 250 g/mol. The third kappa shape index (κ3) is 3.46. The van der Waals surface area contributed by atoms with Crippen LogP contribution in [0.4, 0.5) is 0 Å². The summed E-state index contributed by atoms with van der Waals surface area (Å²) in [6.45, 7) is 4.43. The molecule has 102 valence electrons. The zero-order valence-corrected chi connectivity index (χ0v) is 12.9. The molecule has 0 bridgehead atoms. The van der Waals surface area contributed by atoms with E-state index in [0.717, 1.165) is 0 Å². The SMILES string of the molecule is CCCCc1ccc(C(NC)c2cscc2C)cc1. The largest absolute Gasteiger partial charge is 0.309 e. The van der Waals surface area contributed by atoms with Crippen LogP contribution in [0.1, 0.15) is 48.1 Å². The normalized spacial score (nSPS) is 12.6. The lowest BCUT2D eigenvalue weighted by Gasteiger charge is -2.17. The van der Waals surface area contributed by atoms with E-state index in [0.29, 0.717) is 6.04 Å². The number of aryl methyl sites for hydroxylation is 2. The number of benzene rings is 1. The van der Waals surface area contributed by atoms with Crippen molar-refractivity contribution >= 4 is 11.3 Å². The molecule has 1 atom stereocenters. The Labute approximate surface area is 120 Å². The van der Waals surface area contributed by atoms with Gasteiger partial charge in [0.25, 0.3) is 0 Å². The summed E-state index contributed by atoms with van der Waals surface area (Å²) in [6, 6.07) is 9.40. The van der Waals surface area contributed by atoms with Crippen LogP contribution < -0.4 is 5.32 Å². The molecule has 0 aliphatic carbocycles. The van der Waals surface area contributed by atoms with E-state index in [9.17, 15) is 0 Å². The van der Waals surface area contributed by atoms with Gasteiger partial charge in [-0.25, -0.2) is 0 Å². The molecule has 1 unspecified atom stereocenters. The minimum absolute atomic E-state index is 0.312. The van der Waals surface area contributed by atoms with E-state index in [1.54, 1.807) is 11.3 Å². The van der Waals surface area contributed by atoms with Crippen LogP contribution in [0, 0.1) is 6.92 Å². The predicted octanol–water partition coefficient (Wildman–Crippen LogP) is 4.71. The molecule has 2 heteroatoms. The predicted molar refractivity (Wildman–Crippen MR) is 85.0 cm³/mol. The zero-order chi connectivity index (χ0) is 13.7. The number of hydrogen-bond acceptors (Lipinski definition) is 2. The number of unbranched alkanes of at least 4 members (excludes halogenated alkanes) is 1. The summed E-state index contributed by atoms with van der Waals surface area (Å²) in [5.41, 5.74) is 5.57. The van der Waals surface area contributed by atoms with Crippen LogP contribution in [0.3, 0.4) is 0 Å². The van der Waals surface area contributed by atoms with Crippen LogP contribution >= 0.6 is 11.3 Å². The Kier molecular flexibility index (Phi) is 5.17. The molecule has 2 rings (SSSR count). The highest BCUT2D eigenvalue weighted by molar-refractivity contribution is 7.08. The molecule has 0 saturated heterocycles. The third-order valence-electron chi connectivity index (χ3n) is 3.63. The van der Waals surface area contributed by atoms with E-state index in [4.69, 9.17) is 0 Å². The Morgan fingerprint density at radius 1 is 1.16 bits per heavy atom. The van der Waals surface area contributed by atoms with E-state index < -0.39 is 0 Å². The van der Waals surface area contributed by atoms with Gasteiger partial charge in [0.1, 0.15) is 0 Å². The topological polar surface area (TPSA) is 12.0 Å². The van der Waals surface area contributed by atoms with Crippen molar-refractivity contribution in [2.75, 3.05) is 7.05 Å². The third-order valence-corrected chi connectivity index (χ3v) is 4.51. The molecular formula is C17H23NS. The molecule has 0 fully saturated rings. The van der Waals surface area contributed by atoms with Gasteiger partial charge in [-0.05, 0) is 59.8 Å². The Bertz CT molecular complexity index is 498. The average Bonchev–Trinajstić information content (AvgIpc) is 2.85. The Balaban J connectivity index is 2.18. The van der Waals surface area contributed by atoms with Gasteiger partial charge < -0.3 is 5.32 Å². The first-order valence-corrected chi connectivity index (χ1v) is 7.99. The molecule has 0 aliphatic heterocycles. The number of thiophene rings is 1. The van der Waals surface area contributed by atoms with Crippen molar-refractivity contribution in [1.29, 1.82) is 0 Å². The Morgan fingerprint density at radius 2 is 1.89 bits per heavy atom. The van der Waals surface area contributed by atoms with Gasteiger partial charge in [0, 0.05) is 0 Å².